The minimum Gasteiger partial charge on any atom is -0.504 e. The zero-order valence-corrected chi connectivity index (χ0v) is 20.3. The molecule has 1 saturated carbocycles. The summed E-state index contributed by atoms with van der Waals surface area (Å²) in [5.41, 5.74) is 2.92. The van der Waals surface area contributed by atoms with Crippen LogP contribution in [-0.2, 0) is 24.1 Å². The zero-order valence-electron chi connectivity index (χ0n) is 20.3. The molecule has 0 amide bonds. The van der Waals surface area contributed by atoms with Crippen LogP contribution in [0.2, 0.25) is 0 Å². The molecular formula is C29H34O6. The molecule has 1 atom stereocenters. The summed E-state index contributed by atoms with van der Waals surface area (Å²) >= 11 is 0. The van der Waals surface area contributed by atoms with Crippen LogP contribution in [0.25, 0.3) is 0 Å². The monoisotopic (exact) mass is 478 g/mol. The predicted molar refractivity (Wildman–Crippen MR) is 133 cm³/mol. The lowest BCUT2D eigenvalue weighted by molar-refractivity contribution is -0.121. The maximum atomic E-state index is 12.5. The molecule has 2 aliphatic rings. The number of ketones is 1. The number of carbonyl (C=O) groups excluding carboxylic acids is 1. The summed E-state index contributed by atoms with van der Waals surface area (Å²) in [4.78, 5) is 12.5. The average molecular weight is 479 g/mol. The number of phenols is 2. The van der Waals surface area contributed by atoms with Gasteiger partial charge in [-0.3, -0.25) is 4.79 Å². The van der Waals surface area contributed by atoms with Crippen molar-refractivity contribution in [2.75, 3.05) is 7.11 Å². The molecule has 4 rings (SSSR count). The number of fused-ring (bicyclic) bond motifs is 3. The maximum absolute atomic E-state index is 12.5. The van der Waals surface area contributed by atoms with Crippen LogP contribution in [0.4, 0.5) is 0 Å². The topological polar surface area (TPSA) is 96.2 Å². The van der Waals surface area contributed by atoms with Crippen molar-refractivity contribution in [2.24, 2.45) is 0 Å². The Morgan fingerprint density at radius 3 is 2.54 bits per heavy atom. The molecular weight excluding hydrogens is 444 g/mol. The highest BCUT2D eigenvalue weighted by Crippen LogP contribution is 2.36. The van der Waals surface area contributed by atoms with Crippen molar-refractivity contribution < 1.29 is 29.6 Å². The molecule has 35 heavy (non-hydrogen) atoms. The Balaban J connectivity index is 1.72. The Bertz CT molecular complexity index is 1120. The van der Waals surface area contributed by atoms with Crippen LogP contribution in [-0.4, -0.2) is 40.4 Å². The number of hydrogen-bond donors (Lipinski definition) is 3. The van der Waals surface area contributed by atoms with Crippen molar-refractivity contribution in [2.45, 2.75) is 82.8 Å². The van der Waals surface area contributed by atoms with Crippen LogP contribution < -0.4 is 9.47 Å². The van der Waals surface area contributed by atoms with Gasteiger partial charge in [0.1, 0.15) is 5.78 Å². The fourth-order valence-corrected chi connectivity index (χ4v) is 4.93. The first-order valence-corrected chi connectivity index (χ1v) is 12.5. The van der Waals surface area contributed by atoms with Gasteiger partial charge in [-0.1, -0.05) is 30.4 Å². The standard InChI is InChI=1S/C29H34O6/c1-34-29-25-9-5-6-21-16-19(17-27(28(21)33)35-24-7-3-2-4-8-24)10-13-22(30)18-23(31)14-11-20(25)12-15-26(29)32/h12,15-17,22,24,30,32-33H,2-4,6-8,10-11,13-14,18H2,1H3/t22-/m1/s1. The van der Waals surface area contributed by atoms with Crippen molar-refractivity contribution >= 4 is 5.78 Å². The van der Waals surface area contributed by atoms with E-state index >= 15 is 0 Å². The molecule has 186 valence electrons. The van der Waals surface area contributed by atoms with Gasteiger partial charge >= 0.3 is 0 Å². The summed E-state index contributed by atoms with van der Waals surface area (Å²) in [6, 6.07) is 7.03. The van der Waals surface area contributed by atoms with Crippen LogP contribution in [0.3, 0.4) is 0 Å². The second-order valence-corrected chi connectivity index (χ2v) is 9.55. The van der Waals surface area contributed by atoms with Crippen molar-refractivity contribution in [1.29, 1.82) is 0 Å². The van der Waals surface area contributed by atoms with E-state index in [1.165, 1.54) is 19.6 Å². The first kappa shape index (κ1) is 24.9. The van der Waals surface area contributed by atoms with Crippen LogP contribution in [0.1, 0.15) is 73.6 Å². The highest BCUT2D eigenvalue weighted by atomic mass is 16.5. The first-order chi connectivity index (χ1) is 16.9. The Morgan fingerprint density at radius 1 is 0.971 bits per heavy atom. The Labute approximate surface area is 206 Å². The minimum atomic E-state index is -0.738. The van der Waals surface area contributed by atoms with Crippen molar-refractivity contribution in [3.63, 3.8) is 0 Å². The smallest absolute Gasteiger partial charge is 0.176 e. The van der Waals surface area contributed by atoms with Crippen LogP contribution >= 0.6 is 0 Å². The summed E-state index contributed by atoms with van der Waals surface area (Å²) in [6.45, 7) is 0. The van der Waals surface area contributed by atoms with Crippen LogP contribution in [0.15, 0.2) is 24.3 Å². The molecule has 0 heterocycles. The third-order valence-corrected chi connectivity index (χ3v) is 6.88. The second kappa shape index (κ2) is 11.5. The number of rotatable bonds is 3. The second-order valence-electron chi connectivity index (χ2n) is 9.55. The number of aromatic hydroxyl groups is 2. The van der Waals surface area contributed by atoms with Crippen molar-refractivity contribution in [3.05, 3.63) is 46.5 Å². The highest BCUT2D eigenvalue weighted by Gasteiger charge is 2.20. The molecule has 6 heteroatoms. The van der Waals surface area contributed by atoms with E-state index in [9.17, 15) is 20.1 Å². The van der Waals surface area contributed by atoms with Gasteiger partial charge in [-0.2, -0.15) is 0 Å². The molecule has 1 fully saturated rings. The molecule has 2 aromatic carbocycles. The summed E-state index contributed by atoms with van der Waals surface area (Å²) < 4.78 is 11.6. The van der Waals surface area contributed by atoms with Gasteiger partial charge < -0.3 is 24.8 Å². The van der Waals surface area contributed by atoms with Crippen molar-refractivity contribution in [3.8, 4) is 34.8 Å². The maximum Gasteiger partial charge on any atom is 0.176 e. The zero-order chi connectivity index (χ0) is 24.8. The molecule has 0 radical (unpaired) electrons. The molecule has 2 aliphatic carbocycles. The lowest BCUT2D eigenvalue weighted by Gasteiger charge is -2.24. The third-order valence-electron chi connectivity index (χ3n) is 6.88. The number of carbonyl (C=O) groups is 1. The molecule has 0 unspecified atom stereocenters. The van der Waals surface area contributed by atoms with Gasteiger partial charge in [-0.25, -0.2) is 0 Å². The number of methoxy groups -OCH3 is 1. The molecule has 2 bridgehead atoms. The van der Waals surface area contributed by atoms with Gasteiger partial charge in [0.15, 0.2) is 23.0 Å². The van der Waals surface area contributed by atoms with E-state index in [0.29, 0.717) is 36.1 Å². The van der Waals surface area contributed by atoms with Gasteiger partial charge in [-0.15, -0.1) is 0 Å². The van der Waals surface area contributed by atoms with Gasteiger partial charge in [0.05, 0.1) is 24.9 Å². The van der Waals surface area contributed by atoms with Crippen LogP contribution in [0.5, 0.6) is 23.0 Å². The lowest BCUT2D eigenvalue weighted by atomic mass is 9.97. The Morgan fingerprint density at radius 2 is 1.77 bits per heavy atom. The molecule has 0 aromatic heterocycles. The number of hydrogen-bond acceptors (Lipinski definition) is 6. The van der Waals surface area contributed by atoms with E-state index in [0.717, 1.165) is 36.8 Å². The van der Waals surface area contributed by atoms with Crippen molar-refractivity contribution in [1.82, 2.24) is 0 Å². The van der Waals surface area contributed by atoms with E-state index < -0.39 is 6.10 Å². The largest absolute Gasteiger partial charge is 0.504 e. The number of benzene rings is 2. The van der Waals surface area contributed by atoms with Gasteiger partial charge in [0.25, 0.3) is 0 Å². The normalized spacial score (nSPS) is 19.5. The average Bonchev–Trinajstić information content (AvgIpc) is 2.85. The highest BCUT2D eigenvalue weighted by molar-refractivity contribution is 5.79. The molecule has 2 aromatic rings. The number of phenolic OH excluding ortho intramolecular Hbond substituents is 2. The van der Waals surface area contributed by atoms with E-state index in [4.69, 9.17) is 9.47 Å². The third kappa shape index (κ3) is 6.29. The van der Waals surface area contributed by atoms with E-state index in [1.807, 2.05) is 12.1 Å². The Kier molecular flexibility index (Phi) is 8.20. The van der Waals surface area contributed by atoms with Crippen LogP contribution in [0, 0.1) is 11.8 Å². The fourth-order valence-electron chi connectivity index (χ4n) is 4.93. The molecule has 0 aliphatic heterocycles. The summed E-state index contributed by atoms with van der Waals surface area (Å²) in [5, 5.41) is 31.8. The SMILES string of the molecule is COc1c(O)ccc2c1C#CCc1cc(cc(OC3CCCCC3)c1O)CC[C@@H](O)CC(=O)CC2. The van der Waals surface area contributed by atoms with E-state index in [2.05, 4.69) is 11.8 Å². The quantitative estimate of drug-likeness (QED) is 0.558. The number of Topliss-reactive ketones (excluding diaryl/α,β-unsaturated/α-hetero) is 1. The molecule has 3 N–H and O–H groups in total. The minimum absolute atomic E-state index is 0.0202. The number of aliphatic hydroxyl groups is 1. The molecule has 0 saturated heterocycles. The predicted octanol–water partition coefficient (Wildman–Crippen LogP) is 4.61. The summed E-state index contributed by atoms with van der Waals surface area (Å²) in [6.07, 6.45) is 6.84. The number of aryl methyl sites for hydroxylation is 2. The molecule has 0 spiro atoms. The fraction of sp³-hybridized carbons (Fsp3) is 0.483. The Hall–Kier alpha value is -3.17. The summed E-state index contributed by atoms with van der Waals surface area (Å²) in [7, 11) is 1.47. The lowest BCUT2D eigenvalue weighted by Crippen LogP contribution is -2.20. The number of aliphatic hydroxyl groups excluding tert-OH is 1. The van der Waals surface area contributed by atoms with Gasteiger partial charge in [-0.05, 0) is 68.2 Å². The molecule has 6 nitrogen and oxygen atoms in total. The van der Waals surface area contributed by atoms with E-state index in [-0.39, 0.29) is 48.4 Å². The van der Waals surface area contributed by atoms with Gasteiger partial charge in [0.2, 0.25) is 0 Å². The summed E-state index contributed by atoms with van der Waals surface area (Å²) in [5.74, 6) is 7.01. The van der Waals surface area contributed by atoms with E-state index in [1.54, 1.807) is 6.07 Å². The number of ether oxygens (including phenoxy) is 2. The van der Waals surface area contributed by atoms with Gasteiger partial charge in [0, 0.05) is 24.8 Å². The first-order valence-electron chi connectivity index (χ1n) is 12.5.